The van der Waals surface area contributed by atoms with E-state index in [1.165, 1.54) is 6.20 Å². The Kier molecular flexibility index (Phi) is 5.84. The third kappa shape index (κ3) is 3.97. The van der Waals surface area contributed by atoms with Crippen LogP contribution in [0.1, 0.15) is 42.7 Å². The molecular formula is C14H19N3OS. The second kappa shape index (κ2) is 7.15. The van der Waals surface area contributed by atoms with Gasteiger partial charge in [-0.1, -0.05) is 13.8 Å². The molecule has 1 rings (SSSR count). The number of rotatable bonds is 6. The molecule has 0 aliphatic heterocycles. The standard InChI is InChI=1S/C14H19N3OS/c1-4-14(5-2,19-3)10-17-13(18)12-7-6-11(8-15)9-16-12/h6-7,9H,4-5,10H2,1-3H3,(H,17,18). The molecule has 0 fully saturated rings. The zero-order valence-corrected chi connectivity index (χ0v) is 12.4. The van der Waals surface area contributed by atoms with Crippen LogP contribution in [0.5, 0.6) is 0 Å². The number of amides is 1. The first-order valence-corrected chi connectivity index (χ1v) is 7.52. The lowest BCUT2D eigenvalue weighted by Crippen LogP contribution is -2.39. The van der Waals surface area contributed by atoms with E-state index in [2.05, 4.69) is 30.4 Å². The van der Waals surface area contributed by atoms with Crippen LogP contribution in [0.15, 0.2) is 18.3 Å². The molecule has 1 amide bonds. The molecule has 19 heavy (non-hydrogen) atoms. The van der Waals surface area contributed by atoms with Crippen LogP contribution in [0.4, 0.5) is 0 Å². The fourth-order valence-electron chi connectivity index (χ4n) is 1.79. The van der Waals surface area contributed by atoms with Crippen LogP contribution in [-0.2, 0) is 0 Å². The van der Waals surface area contributed by atoms with Gasteiger partial charge >= 0.3 is 0 Å². The minimum atomic E-state index is -0.190. The highest BCUT2D eigenvalue weighted by molar-refractivity contribution is 8.00. The summed E-state index contributed by atoms with van der Waals surface area (Å²) in [6, 6.07) is 5.16. The van der Waals surface area contributed by atoms with E-state index in [4.69, 9.17) is 5.26 Å². The molecule has 1 aromatic rings. The molecule has 0 atom stereocenters. The highest BCUT2D eigenvalue weighted by Crippen LogP contribution is 2.29. The van der Waals surface area contributed by atoms with Crippen LogP contribution in [0.2, 0.25) is 0 Å². The van der Waals surface area contributed by atoms with Gasteiger partial charge in [0.25, 0.3) is 5.91 Å². The molecule has 0 aliphatic carbocycles. The number of hydrogen-bond donors (Lipinski definition) is 1. The summed E-state index contributed by atoms with van der Waals surface area (Å²) in [5.41, 5.74) is 0.804. The van der Waals surface area contributed by atoms with E-state index < -0.39 is 0 Å². The third-order valence-corrected chi connectivity index (χ3v) is 5.01. The number of thioether (sulfide) groups is 1. The minimum absolute atomic E-state index is 0.0856. The third-order valence-electron chi connectivity index (χ3n) is 3.42. The molecule has 1 aromatic heterocycles. The summed E-state index contributed by atoms with van der Waals surface area (Å²) in [6.45, 7) is 4.89. The lowest BCUT2D eigenvalue weighted by atomic mass is 10.0. The Hall–Kier alpha value is -1.54. The van der Waals surface area contributed by atoms with E-state index in [-0.39, 0.29) is 10.7 Å². The Labute approximate surface area is 118 Å². The van der Waals surface area contributed by atoms with Gasteiger partial charge in [-0.3, -0.25) is 4.79 Å². The normalized spacial score (nSPS) is 10.8. The van der Waals surface area contributed by atoms with Crippen LogP contribution >= 0.6 is 11.8 Å². The average Bonchev–Trinajstić information content (AvgIpc) is 2.49. The number of carbonyl (C=O) groups is 1. The van der Waals surface area contributed by atoms with Crippen LogP contribution < -0.4 is 5.32 Å². The Bertz CT molecular complexity index is 452. The van der Waals surface area contributed by atoms with Gasteiger partial charge < -0.3 is 5.32 Å². The van der Waals surface area contributed by atoms with Crippen molar-refractivity contribution in [2.75, 3.05) is 12.8 Å². The fraction of sp³-hybridized carbons (Fsp3) is 0.500. The number of aromatic nitrogens is 1. The van der Waals surface area contributed by atoms with Gasteiger partial charge in [0.1, 0.15) is 11.8 Å². The van der Waals surface area contributed by atoms with Gasteiger partial charge in [-0.25, -0.2) is 4.98 Å². The molecule has 0 saturated heterocycles. The predicted octanol–water partition coefficient (Wildman–Crippen LogP) is 2.60. The van der Waals surface area contributed by atoms with Gasteiger partial charge in [0.15, 0.2) is 0 Å². The molecule has 1 N–H and O–H groups in total. The van der Waals surface area contributed by atoms with E-state index >= 15 is 0 Å². The summed E-state index contributed by atoms with van der Waals surface area (Å²) in [7, 11) is 0. The van der Waals surface area contributed by atoms with Gasteiger partial charge in [-0.15, -0.1) is 0 Å². The Balaban J connectivity index is 2.67. The summed E-state index contributed by atoms with van der Waals surface area (Å²) in [4.78, 5) is 16.0. The predicted molar refractivity (Wildman–Crippen MR) is 78.1 cm³/mol. The van der Waals surface area contributed by atoms with E-state index in [0.717, 1.165) is 12.8 Å². The van der Waals surface area contributed by atoms with Gasteiger partial charge in [0.2, 0.25) is 0 Å². The SMILES string of the molecule is CCC(CC)(CNC(=O)c1ccc(C#N)cn1)SC. The van der Waals surface area contributed by atoms with Gasteiger partial charge in [0, 0.05) is 17.5 Å². The average molecular weight is 277 g/mol. The Morgan fingerprint density at radius 1 is 1.47 bits per heavy atom. The highest BCUT2D eigenvalue weighted by atomic mass is 32.2. The van der Waals surface area contributed by atoms with Crippen LogP contribution in [0, 0.1) is 11.3 Å². The van der Waals surface area contributed by atoms with Crippen molar-refractivity contribution >= 4 is 17.7 Å². The summed E-state index contributed by atoms with van der Waals surface area (Å²) >= 11 is 1.78. The molecule has 0 saturated carbocycles. The van der Waals surface area contributed by atoms with Gasteiger partial charge in [-0.2, -0.15) is 17.0 Å². The molecular weight excluding hydrogens is 258 g/mol. The molecule has 0 aromatic carbocycles. The number of nitriles is 1. The zero-order valence-electron chi connectivity index (χ0n) is 11.6. The summed E-state index contributed by atoms with van der Waals surface area (Å²) in [5, 5.41) is 11.6. The van der Waals surface area contributed by atoms with Crippen molar-refractivity contribution in [2.24, 2.45) is 0 Å². The zero-order chi connectivity index (χ0) is 14.3. The minimum Gasteiger partial charge on any atom is -0.349 e. The second-order valence-corrected chi connectivity index (χ2v) is 5.60. The van der Waals surface area contributed by atoms with Gasteiger partial charge in [0.05, 0.1) is 5.56 Å². The first-order chi connectivity index (χ1) is 9.10. The van der Waals surface area contributed by atoms with Crippen molar-refractivity contribution in [3.63, 3.8) is 0 Å². The maximum absolute atomic E-state index is 12.0. The number of nitrogens with one attached hydrogen (secondary N) is 1. The van der Waals surface area contributed by atoms with Crippen LogP contribution in [0.25, 0.3) is 0 Å². The summed E-state index contributed by atoms with van der Waals surface area (Å²) in [5.74, 6) is -0.190. The number of carbonyl (C=O) groups excluding carboxylic acids is 1. The molecule has 0 bridgehead atoms. The fourth-order valence-corrected chi connectivity index (χ4v) is 2.58. The maximum Gasteiger partial charge on any atom is 0.269 e. The number of nitrogens with zero attached hydrogens (tertiary/aromatic N) is 2. The molecule has 0 radical (unpaired) electrons. The summed E-state index contributed by atoms with van der Waals surface area (Å²) < 4.78 is 0.0856. The molecule has 5 heteroatoms. The van der Waals surface area contributed by atoms with E-state index in [1.807, 2.05) is 6.07 Å². The van der Waals surface area contributed by atoms with E-state index in [9.17, 15) is 4.79 Å². The van der Waals surface area contributed by atoms with E-state index in [1.54, 1.807) is 23.9 Å². The van der Waals surface area contributed by atoms with Gasteiger partial charge in [-0.05, 0) is 31.2 Å². The number of hydrogen-bond acceptors (Lipinski definition) is 4. The lowest BCUT2D eigenvalue weighted by molar-refractivity contribution is 0.0944. The molecule has 0 unspecified atom stereocenters. The largest absolute Gasteiger partial charge is 0.349 e. The number of pyridine rings is 1. The van der Waals surface area contributed by atoms with Crippen molar-refractivity contribution in [1.29, 1.82) is 5.26 Å². The monoisotopic (exact) mass is 277 g/mol. The molecule has 4 nitrogen and oxygen atoms in total. The van der Waals surface area contributed by atoms with Crippen molar-refractivity contribution in [2.45, 2.75) is 31.4 Å². The molecule has 102 valence electrons. The van der Waals surface area contributed by atoms with Crippen LogP contribution in [0.3, 0.4) is 0 Å². The van der Waals surface area contributed by atoms with Crippen molar-refractivity contribution < 1.29 is 4.79 Å². The first kappa shape index (κ1) is 15.5. The first-order valence-electron chi connectivity index (χ1n) is 6.30. The molecule has 0 spiro atoms. The summed E-state index contributed by atoms with van der Waals surface area (Å²) in [6.07, 6.45) is 5.49. The Morgan fingerprint density at radius 3 is 2.58 bits per heavy atom. The second-order valence-electron chi connectivity index (χ2n) is 4.32. The van der Waals surface area contributed by atoms with Crippen molar-refractivity contribution in [3.8, 4) is 6.07 Å². The molecule has 0 aliphatic rings. The highest BCUT2D eigenvalue weighted by Gasteiger charge is 2.25. The Morgan fingerprint density at radius 2 is 2.16 bits per heavy atom. The van der Waals surface area contributed by atoms with Crippen molar-refractivity contribution in [1.82, 2.24) is 10.3 Å². The van der Waals surface area contributed by atoms with Crippen molar-refractivity contribution in [3.05, 3.63) is 29.6 Å². The molecule has 1 heterocycles. The van der Waals surface area contributed by atoms with Crippen LogP contribution in [-0.4, -0.2) is 28.4 Å². The maximum atomic E-state index is 12.0. The topological polar surface area (TPSA) is 65.8 Å². The quantitative estimate of drug-likeness (QED) is 0.868. The lowest BCUT2D eigenvalue weighted by Gasteiger charge is -2.29. The smallest absolute Gasteiger partial charge is 0.269 e. The van der Waals surface area contributed by atoms with E-state index in [0.29, 0.717) is 17.8 Å².